The zero-order chi connectivity index (χ0) is 14.7. The van der Waals surface area contributed by atoms with Crippen LogP contribution in [0.25, 0.3) is 10.6 Å². The Morgan fingerprint density at radius 2 is 2.25 bits per heavy atom. The van der Waals surface area contributed by atoms with Gasteiger partial charge in [-0.3, -0.25) is 4.79 Å². The van der Waals surface area contributed by atoms with E-state index >= 15 is 0 Å². The van der Waals surface area contributed by atoms with Crippen molar-refractivity contribution in [2.45, 2.75) is 13.3 Å². The van der Waals surface area contributed by atoms with E-state index in [0.717, 1.165) is 16.0 Å². The standard InChI is InChI=1S/C13H15N3O3S/c1-8-5-10(20-7-8)12-9(6-11(17)14-15-12)3-4-16(2)13(18)19/h5-7H,3-4H2,1-2H3,(H,14,17)(H,18,19). The molecule has 0 spiro atoms. The van der Waals surface area contributed by atoms with Crippen molar-refractivity contribution in [1.82, 2.24) is 15.1 Å². The molecule has 2 rings (SSSR count). The van der Waals surface area contributed by atoms with E-state index in [2.05, 4.69) is 10.2 Å². The lowest BCUT2D eigenvalue weighted by Gasteiger charge is -2.13. The van der Waals surface area contributed by atoms with Gasteiger partial charge in [-0.05, 0) is 35.9 Å². The molecule has 6 nitrogen and oxygen atoms in total. The van der Waals surface area contributed by atoms with Crippen molar-refractivity contribution in [2.24, 2.45) is 0 Å². The van der Waals surface area contributed by atoms with Crippen LogP contribution in [0.1, 0.15) is 11.1 Å². The monoisotopic (exact) mass is 293 g/mol. The molecular weight excluding hydrogens is 278 g/mol. The average molecular weight is 293 g/mol. The number of carboxylic acid groups (broad SMARTS) is 1. The Morgan fingerprint density at radius 3 is 2.85 bits per heavy atom. The van der Waals surface area contributed by atoms with E-state index in [-0.39, 0.29) is 5.56 Å². The van der Waals surface area contributed by atoms with Crippen molar-refractivity contribution >= 4 is 17.4 Å². The highest BCUT2D eigenvalue weighted by Crippen LogP contribution is 2.27. The fourth-order valence-corrected chi connectivity index (χ4v) is 2.71. The maximum Gasteiger partial charge on any atom is 0.407 e. The Labute approximate surface area is 119 Å². The number of aryl methyl sites for hydroxylation is 1. The van der Waals surface area contributed by atoms with Crippen LogP contribution in [0.5, 0.6) is 0 Å². The predicted molar refractivity (Wildman–Crippen MR) is 77.3 cm³/mol. The van der Waals surface area contributed by atoms with E-state index < -0.39 is 6.09 Å². The fourth-order valence-electron chi connectivity index (χ4n) is 1.78. The van der Waals surface area contributed by atoms with Crippen molar-refractivity contribution in [2.75, 3.05) is 13.6 Å². The number of hydrogen-bond acceptors (Lipinski definition) is 4. The summed E-state index contributed by atoms with van der Waals surface area (Å²) in [6, 6.07) is 3.48. The molecule has 2 N–H and O–H groups in total. The molecule has 0 radical (unpaired) electrons. The van der Waals surface area contributed by atoms with Crippen LogP contribution >= 0.6 is 11.3 Å². The Bertz CT molecular complexity index is 677. The van der Waals surface area contributed by atoms with Gasteiger partial charge in [0.1, 0.15) is 5.69 Å². The minimum absolute atomic E-state index is 0.282. The van der Waals surface area contributed by atoms with Gasteiger partial charge in [0.25, 0.3) is 5.56 Å². The Hall–Kier alpha value is -2.15. The summed E-state index contributed by atoms with van der Waals surface area (Å²) >= 11 is 1.55. The quantitative estimate of drug-likeness (QED) is 0.902. The van der Waals surface area contributed by atoms with Gasteiger partial charge in [0.2, 0.25) is 0 Å². The van der Waals surface area contributed by atoms with Crippen molar-refractivity contribution in [3.8, 4) is 10.6 Å². The van der Waals surface area contributed by atoms with Crippen LogP contribution < -0.4 is 5.56 Å². The van der Waals surface area contributed by atoms with Crippen LogP contribution in [0.3, 0.4) is 0 Å². The minimum atomic E-state index is -0.990. The molecule has 0 unspecified atom stereocenters. The highest BCUT2D eigenvalue weighted by atomic mass is 32.1. The number of H-pyrrole nitrogens is 1. The molecule has 0 aliphatic rings. The molecule has 0 aromatic carbocycles. The molecule has 2 aromatic rings. The number of nitrogens with zero attached hydrogens (tertiary/aromatic N) is 2. The number of aromatic nitrogens is 2. The first-order valence-corrected chi connectivity index (χ1v) is 6.93. The summed E-state index contributed by atoms with van der Waals surface area (Å²) in [5.41, 5.74) is 2.31. The van der Waals surface area contributed by atoms with Gasteiger partial charge in [-0.1, -0.05) is 0 Å². The summed E-state index contributed by atoms with van der Waals surface area (Å²) < 4.78 is 0. The zero-order valence-corrected chi connectivity index (χ0v) is 12.0. The molecule has 0 aliphatic carbocycles. The van der Waals surface area contributed by atoms with Gasteiger partial charge >= 0.3 is 6.09 Å². The molecule has 20 heavy (non-hydrogen) atoms. The molecule has 1 amide bonds. The van der Waals surface area contributed by atoms with E-state index in [1.54, 1.807) is 11.3 Å². The van der Waals surface area contributed by atoms with Gasteiger partial charge < -0.3 is 10.0 Å². The second-order valence-corrected chi connectivity index (χ2v) is 5.46. The Balaban J connectivity index is 2.29. The first-order chi connectivity index (χ1) is 9.47. The first kappa shape index (κ1) is 14.3. The SMILES string of the molecule is Cc1csc(-c2n[nH]c(=O)cc2CCN(C)C(=O)O)c1. The zero-order valence-electron chi connectivity index (χ0n) is 11.2. The Morgan fingerprint density at radius 1 is 1.50 bits per heavy atom. The summed E-state index contributed by atoms with van der Waals surface area (Å²) in [6.07, 6.45) is -0.539. The normalized spacial score (nSPS) is 10.5. The average Bonchev–Trinajstić information content (AvgIpc) is 2.82. The molecule has 7 heteroatoms. The fraction of sp³-hybridized carbons (Fsp3) is 0.308. The minimum Gasteiger partial charge on any atom is -0.465 e. The molecule has 0 bridgehead atoms. The molecule has 0 aliphatic heterocycles. The van der Waals surface area contributed by atoms with Crippen LogP contribution in [0, 0.1) is 6.92 Å². The van der Waals surface area contributed by atoms with Gasteiger partial charge in [0.15, 0.2) is 0 Å². The third kappa shape index (κ3) is 3.24. The molecule has 0 atom stereocenters. The van der Waals surface area contributed by atoms with Crippen molar-refractivity contribution in [1.29, 1.82) is 0 Å². The van der Waals surface area contributed by atoms with Gasteiger partial charge in [-0.25, -0.2) is 9.89 Å². The number of thiophene rings is 1. The summed E-state index contributed by atoms with van der Waals surface area (Å²) in [5.74, 6) is 0. The summed E-state index contributed by atoms with van der Waals surface area (Å²) in [7, 11) is 1.50. The number of likely N-dealkylation sites (N-methyl/N-ethyl adjacent to an activating group) is 1. The molecule has 0 saturated carbocycles. The number of rotatable bonds is 4. The highest BCUT2D eigenvalue weighted by molar-refractivity contribution is 7.13. The largest absolute Gasteiger partial charge is 0.465 e. The van der Waals surface area contributed by atoms with Gasteiger partial charge in [0, 0.05) is 19.7 Å². The van der Waals surface area contributed by atoms with Crippen molar-refractivity contribution in [3.05, 3.63) is 39.0 Å². The van der Waals surface area contributed by atoms with Crippen LogP contribution in [0.2, 0.25) is 0 Å². The van der Waals surface area contributed by atoms with E-state index in [4.69, 9.17) is 5.11 Å². The second kappa shape index (κ2) is 5.87. The summed E-state index contributed by atoms with van der Waals surface area (Å²) in [6.45, 7) is 2.31. The van der Waals surface area contributed by atoms with Gasteiger partial charge in [0.05, 0.1) is 4.88 Å². The van der Waals surface area contributed by atoms with E-state index in [0.29, 0.717) is 18.7 Å². The second-order valence-electron chi connectivity index (χ2n) is 4.55. The Kier molecular flexibility index (Phi) is 4.19. The third-order valence-electron chi connectivity index (χ3n) is 2.89. The molecule has 2 aromatic heterocycles. The number of amides is 1. The van der Waals surface area contributed by atoms with Crippen LogP contribution in [0.15, 0.2) is 22.3 Å². The number of nitrogens with one attached hydrogen (secondary N) is 1. The van der Waals surface area contributed by atoms with Crippen LogP contribution in [-0.4, -0.2) is 39.9 Å². The predicted octanol–water partition coefficient (Wildman–Crippen LogP) is 1.96. The smallest absolute Gasteiger partial charge is 0.407 e. The van der Waals surface area contributed by atoms with Crippen molar-refractivity contribution in [3.63, 3.8) is 0 Å². The van der Waals surface area contributed by atoms with E-state index in [9.17, 15) is 9.59 Å². The summed E-state index contributed by atoms with van der Waals surface area (Å²) in [4.78, 5) is 24.4. The molecule has 0 fully saturated rings. The number of carbonyl (C=O) groups is 1. The number of aromatic amines is 1. The molecular formula is C13H15N3O3S. The van der Waals surface area contributed by atoms with Crippen molar-refractivity contribution < 1.29 is 9.90 Å². The topological polar surface area (TPSA) is 86.3 Å². The molecule has 0 saturated heterocycles. The summed E-state index contributed by atoms with van der Waals surface area (Å²) in [5, 5.41) is 17.4. The highest BCUT2D eigenvalue weighted by Gasteiger charge is 2.12. The molecule has 106 valence electrons. The first-order valence-electron chi connectivity index (χ1n) is 6.05. The number of hydrogen-bond donors (Lipinski definition) is 2. The third-order valence-corrected chi connectivity index (χ3v) is 3.95. The maximum atomic E-state index is 11.4. The maximum absolute atomic E-state index is 11.4. The van der Waals surface area contributed by atoms with Gasteiger partial charge in [-0.15, -0.1) is 11.3 Å². The lowest BCUT2D eigenvalue weighted by atomic mass is 10.1. The van der Waals surface area contributed by atoms with Gasteiger partial charge in [-0.2, -0.15) is 5.10 Å². The van der Waals surface area contributed by atoms with E-state index in [1.807, 2.05) is 18.4 Å². The van der Waals surface area contributed by atoms with E-state index in [1.165, 1.54) is 18.0 Å². The lowest BCUT2D eigenvalue weighted by molar-refractivity contribution is 0.156. The molecule has 2 heterocycles. The van der Waals surface area contributed by atoms with Crippen LogP contribution in [0.4, 0.5) is 4.79 Å². The van der Waals surface area contributed by atoms with Crippen LogP contribution in [-0.2, 0) is 6.42 Å². The lowest BCUT2D eigenvalue weighted by Crippen LogP contribution is -2.27.